The van der Waals surface area contributed by atoms with Crippen LogP contribution in [0.2, 0.25) is 0 Å². The fourth-order valence-corrected chi connectivity index (χ4v) is 3.53. The fraction of sp³-hybridized carbons (Fsp3) is 0.0526. The Bertz CT molecular complexity index is 1310. The maximum atomic E-state index is 12.8. The summed E-state index contributed by atoms with van der Waals surface area (Å²) >= 11 is 1.45. The third kappa shape index (κ3) is 3.73. The number of carbonyl (C=O) groups excluding carboxylic acids is 1. The van der Waals surface area contributed by atoms with Crippen molar-refractivity contribution in [2.24, 2.45) is 0 Å². The molecule has 4 aromatic rings. The van der Waals surface area contributed by atoms with E-state index in [4.69, 9.17) is 0 Å². The number of nitro benzene ring substituents is 1. The highest BCUT2D eigenvalue weighted by atomic mass is 32.1. The van der Waals surface area contributed by atoms with Gasteiger partial charge in [-0.2, -0.15) is 9.78 Å². The number of hydrogen-bond donors (Lipinski definition) is 2. The molecule has 0 aliphatic rings. The van der Waals surface area contributed by atoms with Gasteiger partial charge in [0.2, 0.25) is 5.95 Å². The minimum Gasteiger partial charge on any atom is -0.306 e. The molecule has 0 aliphatic carbocycles. The number of aromatic amines is 1. The van der Waals surface area contributed by atoms with Crippen molar-refractivity contribution in [2.45, 2.75) is 6.92 Å². The molecule has 4 rings (SSSR count). The second-order valence-corrected chi connectivity index (χ2v) is 7.19. The van der Waals surface area contributed by atoms with Crippen LogP contribution in [0.3, 0.4) is 0 Å². The SMILES string of the molecule is Cc1cc(=O)[nH]c(-n2nc(-c3cccs3)cc2NC(=O)c2ccccc2[N+](=O)[O-])n1. The summed E-state index contributed by atoms with van der Waals surface area (Å²) in [6, 6.07) is 12.3. The van der Waals surface area contributed by atoms with E-state index in [0.29, 0.717) is 11.4 Å². The lowest BCUT2D eigenvalue weighted by molar-refractivity contribution is -0.385. The van der Waals surface area contributed by atoms with Crippen LogP contribution in [0.15, 0.2) is 58.7 Å². The molecule has 1 amide bonds. The third-order valence-corrected chi connectivity index (χ3v) is 5.02. The predicted octanol–water partition coefficient (Wildman–Crippen LogP) is 3.15. The maximum Gasteiger partial charge on any atom is 0.282 e. The first-order valence-electron chi connectivity index (χ1n) is 8.69. The van der Waals surface area contributed by atoms with Gasteiger partial charge in [0.05, 0.1) is 9.80 Å². The molecule has 0 unspecified atom stereocenters. The molecule has 0 radical (unpaired) electrons. The number of aryl methyl sites for hydroxylation is 1. The zero-order valence-electron chi connectivity index (χ0n) is 15.5. The Labute approximate surface area is 173 Å². The number of rotatable bonds is 5. The highest BCUT2D eigenvalue weighted by Gasteiger charge is 2.22. The van der Waals surface area contributed by atoms with Gasteiger partial charge in [0.15, 0.2) is 0 Å². The van der Waals surface area contributed by atoms with E-state index in [9.17, 15) is 19.7 Å². The molecule has 0 spiro atoms. The lowest BCUT2D eigenvalue weighted by atomic mass is 10.1. The van der Waals surface area contributed by atoms with E-state index in [0.717, 1.165) is 4.88 Å². The number of anilines is 1. The van der Waals surface area contributed by atoms with Gasteiger partial charge >= 0.3 is 0 Å². The number of para-hydroxylation sites is 1. The molecule has 11 heteroatoms. The van der Waals surface area contributed by atoms with E-state index in [1.807, 2.05) is 17.5 Å². The van der Waals surface area contributed by atoms with Crippen LogP contribution in [-0.2, 0) is 0 Å². The zero-order chi connectivity index (χ0) is 21.3. The van der Waals surface area contributed by atoms with Crippen LogP contribution in [-0.4, -0.2) is 30.6 Å². The van der Waals surface area contributed by atoms with E-state index < -0.39 is 10.8 Å². The van der Waals surface area contributed by atoms with Gasteiger partial charge in [-0.05, 0) is 24.4 Å². The van der Waals surface area contributed by atoms with Crippen LogP contribution >= 0.6 is 11.3 Å². The summed E-state index contributed by atoms with van der Waals surface area (Å²) in [5.74, 6) is -0.368. The minimum absolute atomic E-state index is 0.0985. The summed E-state index contributed by atoms with van der Waals surface area (Å²) in [6.45, 7) is 1.66. The smallest absolute Gasteiger partial charge is 0.282 e. The first-order valence-corrected chi connectivity index (χ1v) is 9.57. The van der Waals surface area contributed by atoms with E-state index in [2.05, 4.69) is 20.4 Å². The zero-order valence-corrected chi connectivity index (χ0v) is 16.3. The highest BCUT2D eigenvalue weighted by Crippen LogP contribution is 2.28. The average molecular weight is 422 g/mol. The van der Waals surface area contributed by atoms with Crippen LogP contribution in [0.1, 0.15) is 16.1 Å². The molecule has 150 valence electrons. The Morgan fingerprint density at radius 1 is 1.23 bits per heavy atom. The standard InChI is InChI=1S/C19H14N6O4S/c1-11-9-17(26)22-19(20-11)24-16(10-13(23-24)15-7-4-8-30-15)21-18(27)12-5-2-3-6-14(12)25(28)29/h2-10H,1H3,(H,21,27)(H,20,22,26). The number of nitro groups is 1. The maximum absolute atomic E-state index is 12.8. The molecule has 0 bridgehead atoms. The van der Waals surface area contributed by atoms with Gasteiger partial charge in [-0.15, -0.1) is 11.3 Å². The molecular formula is C19H14N6O4S. The van der Waals surface area contributed by atoms with Gasteiger partial charge in [0.1, 0.15) is 17.1 Å². The van der Waals surface area contributed by atoms with Crippen LogP contribution in [0.25, 0.3) is 16.5 Å². The Kier molecular flexibility index (Phi) is 4.94. The van der Waals surface area contributed by atoms with Crippen LogP contribution < -0.4 is 10.9 Å². The summed E-state index contributed by atoms with van der Waals surface area (Å²) < 4.78 is 1.29. The third-order valence-electron chi connectivity index (χ3n) is 4.13. The second-order valence-electron chi connectivity index (χ2n) is 6.24. The number of thiophene rings is 1. The topological polar surface area (TPSA) is 136 Å². The van der Waals surface area contributed by atoms with Crippen molar-refractivity contribution in [2.75, 3.05) is 5.32 Å². The molecule has 3 aromatic heterocycles. The lowest BCUT2D eigenvalue weighted by Gasteiger charge is -2.08. The molecule has 3 heterocycles. The number of hydrogen-bond acceptors (Lipinski definition) is 7. The van der Waals surface area contributed by atoms with Gasteiger partial charge in [0, 0.05) is 23.9 Å². The first kappa shape index (κ1) is 19.2. The summed E-state index contributed by atoms with van der Waals surface area (Å²) in [5, 5.41) is 20.2. The van der Waals surface area contributed by atoms with E-state index >= 15 is 0 Å². The molecule has 10 nitrogen and oxygen atoms in total. The number of nitrogens with one attached hydrogen (secondary N) is 2. The molecule has 1 aromatic carbocycles. The number of H-pyrrole nitrogens is 1. The van der Waals surface area contributed by atoms with Crippen molar-refractivity contribution in [1.29, 1.82) is 0 Å². The van der Waals surface area contributed by atoms with Gasteiger partial charge in [-0.1, -0.05) is 18.2 Å². The average Bonchev–Trinajstić information content (AvgIpc) is 3.37. The van der Waals surface area contributed by atoms with Crippen molar-refractivity contribution in [3.05, 3.63) is 85.6 Å². The Hall–Kier alpha value is -4.12. The largest absolute Gasteiger partial charge is 0.306 e. The van der Waals surface area contributed by atoms with Gasteiger partial charge in [-0.3, -0.25) is 24.7 Å². The van der Waals surface area contributed by atoms with Crippen molar-refractivity contribution >= 4 is 28.7 Å². The quantitative estimate of drug-likeness (QED) is 0.375. The molecule has 0 saturated carbocycles. The van der Waals surface area contributed by atoms with Crippen LogP contribution in [0.5, 0.6) is 0 Å². The Morgan fingerprint density at radius 2 is 2.03 bits per heavy atom. The number of nitrogens with zero attached hydrogens (tertiary/aromatic N) is 4. The number of amides is 1. The molecule has 2 N–H and O–H groups in total. The molecule has 0 aliphatic heterocycles. The van der Waals surface area contributed by atoms with Gasteiger partial charge < -0.3 is 5.32 Å². The van der Waals surface area contributed by atoms with Crippen molar-refractivity contribution in [3.63, 3.8) is 0 Å². The summed E-state index contributed by atoms with van der Waals surface area (Å²) in [7, 11) is 0. The molecule has 30 heavy (non-hydrogen) atoms. The van der Waals surface area contributed by atoms with E-state index in [1.165, 1.54) is 46.4 Å². The van der Waals surface area contributed by atoms with Crippen molar-refractivity contribution < 1.29 is 9.72 Å². The molecule has 0 saturated heterocycles. The van der Waals surface area contributed by atoms with Crippen molar-refractivity contribution in [1.82, 2.24) is 19.7 Å². The lowest BCUT2D eigenvalue weighted by Crippen LogP contribution is -2.19. The van der Waals surface area contributed by atoms with Crippen LogP contribution in [0.4, 0.5) is 11.5 Å². The van der Waals surface area contributed by atoms with Gasteiger partial charge in [-0.25, -0.2) is 4.98 Å². The van der Waals surface area contributed by atoms with Gasteiger partial charge in [0.25, 0.3) is 17.2 Å². The Balaban J connectivity index is 1.80. The molecule has 0 atom stereocenters. The number of carbonyl (C=O) groups is 1. The molecule has 0 fully saturated rings. The fourth-order valence-electron chi connectivity index (χ4n) is 2.85. The van der Waals surface area contributed by atoms with Crippen LogP contribution in [0, 0.1) is 17.0 Å². The van der Waals surface area contributed by atoms with E-state index in [-0.39, 0.29) is 28.6 Å². The predicted molar refractivity (Wildman–Crippen MR) is 111 cm³/mol. The van der Waals surface area contributed by atoms with E-state index in [1.54, 1.807) is 13.0 Å². The Morgan fingerprint density at radius 3 is 2.73 bits per heavy atom. The number of benzene rings is 1. The molecular weight excluding hydrogens is 408 g/mol. The van der Waals surface area contributed by atoms with Crippen molar-refractivity contribution in [3.8, 4) is 16.5 Å². The first-order chi connectivity index (χ1) is 14.4. The summed E-state index contributed by atoms with van der Waals surface area (Å²) in [4.78, 5) is 43.0. The monoisotopic (exact) mass is 422 g/mol. The highest BCUT2D eigenvalue weighted by molar-refractivity contribution is 7.13. The summed E-state index contributed by atoms with van der Waals surface area (Å²) in [6.07, 6.45) is 0. The normalized spacial score (nSPS) is 10.7. The second kappa shape index (κ2) is 7.72. The minimum atomic E-state index is -0.684. The number of aromatic nitrogens is 4. The summed E-state index contributed by atoms with van der Waals surface area (Å²) in [5.41, 5.74) is 0.229.